The summed E-state index contributed by atoms with van der Waals surface area (Å²) < 4.78 is 11.2. The normalized spacial score (nSPS) is 17.9. The molecule has 0 saturated carbocycles. The van der Waals surface area contributed by atoms with Gasteiger partial charge >= 0.3 is 0 Å². The van der Waals surface area contributed by atoms with E-state index in [2.05, 4.69) is 35.3 Å². The van der Waals surface area contributed by atoms with E-state index in [9.17, 15) is 0 Å². The third-order valence-electron chi connectivity index (χ3n) is 4.02. The Labute approximate surface area is 140 Å². The standard InChI is InChI=1S/C16H33N3O2S/c1-16(2,22-5)13-18-15(17-3)19-9-7-14(8-10-19)21-12-6-11-20-4/h14H,6-13H2,1-5H3,(H,17,18). The molecule has 0 radical (unpaired) electrons. The van der Waals surface area contributed by atoms with E-state index in [-0.39, 0.29) is 4.75 Å². The third-order valence-corrected chi connectivity index (χ3v) is 5.27. The van der Waals surface area contributed by atoms with Crippen molar-refractivity contribution in [1.82, 2.24) is 10.2 Å². The van der Waals surface area contributed by atoms with Gasteiger partial charge in [-0.05, 0) is 39.4 Å². The van der Waals surface area contributed by atoms with Gasteiger partial charge in [0.05, 0.1) is 6.10 Å². The van der Waals surface area contributed by atoms with E-state index in [0.29, 0.717) is 6.10 Å². The van der Waals surface area contributed by atoms with E-state index >= 15 is 0 Å². The molecule has 1 saturated heterocycles. The minimum atomic E-state index is 0.221. The average molecular weight is 332 g/mol. The number of guanidine groups is 1. The minimum Gasteiger partial charge on any atom is -0.385 e. The van der Waals surface area contributed by atoms with Crippen LogP contribution in [0.15, 0.2) is 4.99 Å². The van der Waals surface area contributed by atoms with Crippen molar-refractivity contribution in [2.24, 2.45) is 4.99 Å². The molecule has 1 aliphatic heterocycles. The Kier molecular flexibility index (Phi) is 9.21. The molecular weight excluding hydrogens is 298 g/mol. The van der Waals surface area contributed by atoms with Gasteiger partial charge < -0.3 is 19.7 Å². The highest BCUT2D eigenvalue weighted by Gasteiger charge is 2.23. The van der Waals surface area contributed by atoms with Crippen LogP contribution in [-0.4, -0.2) is 75.0 Å². The molecule has 1 N–H and O–H groups in total. The van der Waals surface area contributed by atoms with Crippen LogP contribution in [-0.2, 0) is 9.47 Å². The molecule has 0 spiro atoms. The molecule has 0 amide bonds. The van der Waals surface area contributed by atoms with Gasteiger partial charge in [0.25, 0.3) is 0 Å². The lowest BCUT2D eigenvalue weighted by Gasteiger charge is -2.35. The minimum absolute atomic E-state index is 0.221. The van der Waals surface area contributed by atoms with E-state index in [0.717, 1.165) is 58.1 Å². The van der Waals surface area contributed by atoms with Crippen LogP contribution < -0.4 is 5.32 Å². The highest BCUT2D eigenvalue weighted by Crippen LogP contribution is 2.20. The molecule has 0 aromatic heterocycles. The van der Waals surface area contributed by atoms with Crippen molar-refractivity contribution >= 4 is 17.7 Å². The smallest absolute Gasteiger partial charge is 0.193 e. The van der Waals surface area contributed by atoms with Crippen LogP contribution in [0.5, 0.6) is 0 Å². The molecule has 22 heavy (non-hydrogen) atoms. The number of ether oxygens (including phenoxy) is 2. The summed E-state index contributed by atoms with van der Waals surface area (Å²) in [7, 11) is 3.59. The maximum Gasteiger partial charge on any atom is 0.193 e. The molecule has 0 aliphatic carbocycles. The number of aliphatic imine (C=N–C) groups is 1. The predicted molar refractivity (Wildman–Crippen MR) is 96.0 cm³/mol. The molecule has 5 nitrogen and oxygen atoms in total. The Bertz CT molecular complexity index is 329. The van der Waals surface area contributed by atoms with E-state index in [1.807, 2.05) is 18.8 Å². The summed E-state index contributed by atoms with van der Waals surface area (Å²) in [6.07, 6.45) is 5.65. The molecule has 0 unspecified atom stereocenters. The summed E-state index contributed by atoms with van der Waals surface area (Å²) in [5.74, 6) is 1.01. The maximum absolute atomic E-state index is 5.91. The summed E-state index contributed by atoms with van der Waals surface area (Å²) in [6, 6.07) is 0. The van der Waals surface area contributed by atoms with Crippen molar-refractivity contribution in [2.75, 3.05) is 53.3 Å². The second-order valence-electron chi connectivity index (χ2n) is 6.27. The molecule has 1 rings (SSSR count). The van der Waals surface area contributed by atoms with Gasteiger partial charge in [-0.1, -0.05) is 0 Å². The van der Waals surface area contributed by atoms with E-state index in [1.165, 1.54) is 0 Å². The van der Waals surface area contributed by atoms with E-state index in [4.69, 9.17) is 9.47 Å². The Hall–Kier alpha value is -0.460. The number of piperidine rings is 1. The van der Waals surface area contributed by atoms with E-state index in [1.54, 1.807) is 7.11 Å². The van der Waals surface area contributed by atoms with Crippen LogP contribution in [0, 0.1) is 0 Å². The molecule has 130 valence electrons. The van der Waals surface area contributed by atoms with Crippen molar-refractivity contribution in [3.05, 3.63) is 0 Å². The molecule has 0 atom stereocenters. The number of methoxy groups -OCH3 is 1. The van der Waals surface area contributed by atoms with Crippen LogP contribution in [0.2, 0.25) is 0 Å². The zero-order valence-corrected chi connectivity index (χ0v) is 15.7. The van der Waals surface area contributed by atoms with Crippen LogP contribution in [0.4, 0.5) is 0 Å². The fourth-order valence-electron chi connectivity index (χ4n) is 2.38. The SMILES string of the molecule is CN=C(NCC(C)(C)SC)N1CCC(OCCCOC)CC1. The van der Waals surface area contributed by atoms with Crippen molar-refractivity contribution in [1.29, 1.82) is 0 Å². The van der Waals surface area contributed by atoms with Gasteiger partial charge in [-0.15, -0.1) is 0 Å². The first-order valence-electron chi connectivity index (χ1n) is 8.13. The molecule has 1 fully saturated rings. The third kappa shape index (κ3) is 7.20. The quantitative estimate of drug-likeness (QED) is 0.420. The van der Waals surface area contributed by atoms with Gasteiger partial charge in [-0.3, -0.25) is 4.99 Å². The molecule has 6 heteroatoms. The second kappa shape index (κ2) is 10.3. The fraction of sp³-hybridized carbons (Fsp3) is 0.938. The summed E-state index contributed by atoms with van der Waals surface area (Å²) in [5, 5.41) is 3.50. The largest absolute Gasteiger partial charge is 0.385 e. The molecule has 0 aromatic carbocycles. The van der Waals surface area contributed by atoms with E-state index < -0.39 is 0 Å². The topological polar surface area (TPSA) is 46.1 Å². The fourth-order valence-corrected chi connectivity index (χ4v) is 2.60. The van der Waals surface area contributed by atoms with Gasteiger partial charge in [0.2, 0.25) is 0 Å². The van der Waals surface area contributed by atoms with Gasteiger partial charge in [0.15, 0.2) is 5.96 Å². The second-order valence-corrected chi connectivity index (χ2v) is 7.78. The number of likely N-dealkylation sites (tertiary alicyclic amines) is 1. The lowest BCUT2D eigenvalue weighted by Crippen LogP contribution is -2.49. The number of rotatable bonds is 8. The number of nitrogens with one attached hydrogen (secondary N) is 1. The molecule has 0 bridgehead atoms. The maximum atomic E-state index is 5.91. The number of thioether (sulfide) groups is 1. The first-order valence-corrected chi connectivity index (χ1v) is 9.36. The van der Waals surface area contributed by atoms with Crippen LogP contribution >= 0.6 is 11.8 Å². The monoisotopic (exact) mass is 331 g/mol. The molecule has 0 aromatic rings. The average Bonchev–Trinajstić information content (AvgIpc) is 2.53. The Morgan fingerprint density at radius 1 is 1.32 bits per heavy atom. The Morgan fingerprint density at radius 2 is 2.00 bits per heavy atom. The highest BCUT2D eigenvalue weighted by atomic mass is 32.2. The van der Waals surface area contributed by atoms with Crippen LogP contribution in [0.1, 0.15) is 33.1 Å². The number of hydrogen-bond donors (Lipinski definition) is 1. The Morgan fingerprint density at radius 3 is 2.55 bits per heavy atom. The lowest BCUT2D eigenvalue weighted by molar-refractivity contribution is 0.00990. The number of hydrogen-bond acceptors (Lipinski definition) is 4. The number of nitrogens with zero attached hydrogens (tertiary/aromatic N) is 2. The lowest BCUT2D eigenvalue weighted by atomic mass is 10.1. The van der Waals surface area contributed by atoms with Gasteiger partial charge in [-0.25, -0.2) is 0 Å². The molecular formula is C16H33N3O2S. The predicted octanol–water partition coefficient (Wildman–Crippen LogP) is 2.22. The summed E-state index contributed by atoms with van der Waals surface area (Å²) in [5.41, 5.74) is 0. The molecule has 1 aliphatic rings. The van der Waals surface area contributed by atoms with Gasteiger partial charge in [-0.2, -0.15) is 11.8 Å². The zero-order valence-electron chi connectivity index (χ0n) is 14.9. The summed E-state index contributed by atoms with van der Waals surface area (Å²) in [6.45, 7) is 9.01. The van der Waals surface area contributed by atoms with Crippen LogP contribution in [0.25, 0.3) is 0 Å². The zero-order chi connectivity index (χ0) is 16.4. The van der Waals surface area contributed by atoms with Crippen LogP contribution in [0.3, 0.4) is 0 Å². The van der Waals surface area contributed by atoms with Crippen molar-refractivity contribution in [3.8, 4) is 0 Å². The molecule has 1 heterocycles. The first kappa shape index (κ1) is 19.6. The van der Waals surface area contributed by atoms with Crippen molar-refractivity contribution < 1.29 is 9.47 Å². The van der Waals surface area contributed by atoms with Crippen molar-refractivity contribution in [3.63, 3.8) is 0 Å². The van der Waals surface area contributed by atoms with Crippen molar-refractivity contribution in [2.45, 2.75) is 44.0 Å². The summed E-state index contributed by atoms with van der Waals surface area (Å²) >= 11 is 1.87. The van der Waals surface area contributed by atoms with Gasteiger partial charge in [0.1, 0.15) is 0 Å². The highest BCUT2D eigenvalue weighted by molar-refractivity contribution is 7.99. The summed E-state index contributed by atoms with van der Waals surface area (Å²) in [4.78, 5) is 6.76. The first-order chi connectivity index (χ1) is 10.5. The Balaban J connectivity index is 2.29. The van der Waals surface area contributed by atoms with Gasteiger partial charge in [0, 0.05) is 51.8 Å².